The van der Waals surface area contributed by atoms with Crippen LogP contribution in [0.1, 0.15) is 47.5 Å². The molecule has 0 atom stereocenters. The van der Waals surface area contributed by atoms with Crippen molar-refractivity contribution < 1.29 is 38.0 Å². The maximum atomic E-state index is 12.3. The summed E-state index contributed by atoms with van der Waals surface area (Å²) >= 11 is 0. The highest BCUT2D eigenvalue weighted by Crippen LogP contribution is 2.38. The first kappa shape index (κ1) is 44.7. The quantitative estimate of drug-likeness (QED) is 0.0839. The lowest BCUT2D eigenvalue weighted by atomic mass is 10.4. The van der Waals surface area contributed by atoms with Crippen molar-refractivity contribution in [3.05, 3.63) is 12.7 Å². The molecule has 17 heteroatoms. The topological polar surface area (TPSA) is 90.9 Å². The Labute approximate surface area is 280 Å². The van der Waals surface area contributed by atoms with E-state index in [4.69, 9.17) is 33.2 Å². The van der Waals surface area contributed by atoms with Gasteiger partial charge in [0.15, 0.2) is 8.32 Å². The molecule has 0 bridgehead atoms. The van der Waals surface area contributed by atoms with Crippen LogP contribution in [0.4, 0.5) is 0 Å². The summed E-state index contributed by atoms with van der Waals surface area (Å²) in [6.07, 6.45) is 3.56. The third-order valence-electron chi connectivity index (χ3n) is 6.55. The van der Waals surface area contributed by atoms with Gasteiger partial charge in [-0.2, -0.15) is 0 Å². The standard InChI is InChI=1S/C27H68O9Si8/c1-21-23-24-37(7,8)30-38(9,10)31-39(11,12)32-40(13,14)33-41(15,16)34-42(17,18)35-43(19,20)36-44(25(3)4,26(5)6)29-27(28)22-2/h22,25-26H,2,21,23-24H2,1,3-20H3. The largest absolute Gasteiger partial charge is 0.491 e. The molecule has 0 heterocycles. The van der Waals surface area contributed by atoms with E-state index in [-0.39, 0.29) is 11.1 Å². The molecule has 0 radical (unpaired) electrons. The van der Waals surface area contributed by atoms with Gasteiger partial charge in [-0.1, -0.05) is 54.0 Å². The van der Waals surface area contributed by atoms with E-state index >= 15 is 0 Å². The first-order valence-corrected chi connectivity index (χ1v) is 38.1. The molecule has 262 valence electrons. The van der Waals surface area contributed by atoms with Crippen LogP contribution >= 0.6 is 0 Å². The summed E-state index contributed by atoms with van der Waals surface area (Å²) in [7, 11) is -20.7. The summed E-state index contributed by atoms with van der Waals surface area (Å²) in [5, 5.41) is 0. The molecule has 0 saturated carbocycles. The van der Waals surface area contributed by atoms with Crippen LogP contribution in [-0.2, 0) is 38.0 Å². The molecular weight excluding hydrogens is 693 g/mol. The van der Waals surface area contributed by atoms with E-state index in [1.54, 1.807) is 0 Å². The third kappa shape index (κ3) is 16.7. The van der Waals surface area contributed by atoms with Crippen LogP contribution in [0.5, 0.6) is 0 Å². The first-order valence-electron chi connectivity index (χ1n) is 16.1. The van der Waals surface area contributed by atoms with Gasteiger partial charge in [0, 0.05) is 17.2 Å². The zero-order chi connectivity index (χ0) is 35.2. The van der Waals surface area contributed by atoms with Crippen LogP contribution < -0.4 is 0 Å². The van der Waals surface area contributed by atoms with Gasteiger partial charge in [-0.3, -0.25) is 0 Å². The van der Waals surface area contributed by atoms with Gasteiger partial charge >= 0.3 is 65.9 Å². The van der Waals surface area contributed by atoms with Gasteiger partial charge in [0.1, 0.15) is 0 Å². The maximum absolute atomic E-state index is 12.3. The highest BCUT2D eigenvalue weighted by Gasteiger charge is 2.54. The number of unbranched alkanes of at least 4 members (excludes halogenated alkanes) is 1. The van der Waals surface area contributed by atoms with Gasteiger partial charge in [-0.15, -0.1) is 0 Å². The fourth-order valence-corrected chi connectivity index (χ4v) is 47.3. The Morgan fingerprint density at radius 1 is 0.568 bits per heavy atom. The van der Waals surface area contributed by atoms with Crippen molar-refractivity contribution in [2.24, 2.45) is 0 Å². The molecule has 9 nitrogen and oxygen atoms in total. The van der Waals surface area contributed by atoms with E-state index in [0.717, 1.165) is 6.04 Å². The van der Waals surface area contributed by atoms with E-state index in [9.17, 15) is 4.79 Å². The Morgan fingerprint density at radius 3 is 1.14 bits per heavy atom. The van der Waals surface area contributed by atoms with Crippen LogP contribution in [0.15, 0.2) is 12.7 Å². The molecule has 44 heavy (non-hydrogen) atoms. The van der Waals surface area contributed by atoms with Gasteiger partial charge in [0.25, 0.3) is 0 Å². The second-order valence-corrected chi connectivity index (χ2v) is 46.1. The molecule has 0 aromatic heterocycles. The summed E-state index contributed by atoms with van der Waals surface area (Å²) in [5.41, 5.74) is 0.0620. The summed E-state index contributed by atoms with van der Waals surface area (Å²) in [6, 6.07) is 1.14. The lowest BCUT2D eigenvalue weighted by Crippen LogP contribution is -2.62. The molecule has 0 N–H and O–H groups in total. The van der Waals surface area contributed by atoms with Gasteiger partial charge in [0.2, 0.25) is 0 Å². The van der Waals surface area contributed by atoms with Crippen molar-refractivity contribution in [3.63, 3.8) is 0 Å². The van der Waals surface area contributed by atoms with Crippen molar-refractivity contribution in [1.29, 1.82) is 0 Å². The number of hydrogen-bond donors (Lipinski definition) is 0. The van der Waals surface area contributed by atoms with Crippen LogP contribution in [0.2, 0.25) is 109 Å². The second-order valence-electron chi connectivity index (χ2n) is 15.6. The molecule has 0 aliphatic heterocycles. The Balaban J connectivity index is 5.69. The summed E-state index contributed by atoms with van der Waals surface area (Å²) in [4.78, 5) is 12.3. The van der Waals surface area contributed by atoms with Crippen LogP contribution in [0.3, 0.4) is 0 Å². The van der Waals surface area contributed by atoms with Gasteiger partial charge < -0.3 is 33.2 Å². The molecule has 0 spiro atoms. The highest BCUT2D eigenvalue weighted by atomic mass is 28.5. The minimum Gasteiger partial charge on any atom is -0.491 e. The monoisotopic (exact) mass is 760 g/mol. The zero-order valence-corrected chi connectivity index (χ0v) is 39.7. The van der Waals surface area contributed by atoms with Gasteiger partial charge in [-0.05, 0) is 97.7 Å². The fraction of sp³-hybridized carbons (Fsp3) is 0.889. The molecule has 0 rings (SSSR count). The molecule has 0 amide bonds. The first-order chi connectivity index (χ1) is 19.4. The molecule has 0 saturated heterocycles. The number of carbonyl (C=O) groups excluding carboxylic acids is 1. The van der Waals surface area contributed by atoms with Gasteiger partial charge in [0.05, 0.1) is 0 Å². The lowest BCUT2D eigenvalue weighted by Gasteiger charge is -2.45. The zero-order valence-electron chi connectivity index (χ0n) is 31.7. The molecule has 0 unspecified atom stereocenters. The smallest absolute Gasteiger partial charge is 0.398 e. The average Bonchev–Trinajstić information content (AvgIpc) is 2.71. The van der Waals surface area contributed by atoms with Crippen molar-refractivity contribution in [3.8, 4) is 0 Å². The number of hydrogen-bond acceptors (Lipinski definition) is 9. The Bertz CT molecular complexity index is 930. The molecule has 0 aromatic carbocycles. The summed E-state index contributed by atoms with van der Waals surface area (Å²) in [6.45, 7) is 43.3. The van der Waals surface area contributed by atoms with Crippen molar-refractivity contribution in [2.45, 2.75) is 156 Å². The normalized spacial score (nSPS) is 14.8. The van der Waals surface area contributed by atoms with Crippen LogP contribution in [-0.4, -0.2) is 74.2 Å². The van der Waals surface area contributed by atoms with E-state index < -0.39 is 74.2 Å². The minimum atomic E-state index is -3.00. The lowest BCUT2D eigenvalue weighted by molar-refractivity contribution is -0.131. The molecular formula is C27H68O9Si8. The Kier molecular flexibility index (Phi) is 16.6. The third-order valence-corrected chi connectivity index (χ3v) is 38.9. The highest BCUT2D eigenvalue weighted by molar-refractivity contribution is 6.92. The molecule has 0 fully saturated rings. The van der Waals surface area contributed by atoms with Gasteiger partial charge in [-0.25, -0.2) is 4.79 Å². The van der Waals surface area contributed by atoms with E-state index in [1.807, 2.05) is 67.0 Å². The predicted molar refractivity (Wildman–Crippen MR) is 202 cm³/mol. The summed E-state index contributed by atoms with van der Waals surface area (Å²) < 4.78 is 53.2. The predicted octanol–water partition coefficient (Wildman–Crippen LogP) is 9.31. The fourth-order valence-electron chi connectivity index (χ4n) is 6.15. The maximum Gasteiger partial charge on any atom is 0.398 e. The second kappa shape index (κ2) is 16.4. The minimum absolute atomic E-state index is 0.0310. The average molecular weight is 762 g/mol. The Hall–Kier alpha value is 0.665. The molecule has 0 aliphatic rings. The van der Waals surface area contributed by atoms with Crippen LogP contribution in [0, 0.1) is 0 Å². The van der Waals surface area contributed by atoms with E-state index in [0.29, 0.717) is 0 Å². The molecule has 0 aliphatic carbocycles. The van der Waals surface area contributed by atoms with E-state index in [1.165, 1.54) is 18.9 Å². The van der Waals surface area contributed by atoms with Crippen molar-refractivity contribution in [1.82, 2.24) is 0 Å². The number of rotatable bonds is 21. The van der Waals surface area contributed by atoms with Crippen molar-refractivity contribution in [2.75, 3.05) is 0 Å². The van der Waals surface area contributed by atoms with Crippen LogP contribution in [0.25, 0.3) is 0 Å². The van der Waals surface area contributed by atoms with E-state index in [2.05, 4.69) is 65.9 Å². The SMILES string of the molecule is C=CC(=O)O[Si](O[Si](C)(C)O[Si](C)(C)O[Si](C)(C)O[Si](C)(C)O[Si](C)(C)O[Si](C)(C)O[Si](C)(C)CCCC)(C(C)C)C(C)C. The number of carbonyl (C=O) groups is 1. The Morgan fingerprint density at radius 2 is 0.864 bits per heavy atom. The van der Waals surface area contributed by atoms with Crippen molar-refractivity contribution >= 4 is 74.2 Å². The molecule has 0 aromatic rings. The summed E-state index contributed by atoms with van der Waals surface area (Å²) in [5.74, 6) is -0.457.